The quantitative estimate of drug-likeness (QED) is 0.610. The highest BCUT2D eigenvalue weighted by molar-refractivity contribution is 5.30. The smallest absolute Gasteiger partial charge is 0.126 e. The van der Waals surface area contributed by atoms with Crippen molar-refractivity contribution in [2.45, 2.75) is 50.7 Å². The van der Waals surface area contributed by atoms with Gasteiger partial charge < -0.3 is 10.2 Å². The third-order valence-corrected chi connectivity index (χ3v) is 2.27. The van der Waals surface area contributed by atoms with E-state index in [0.717, 1.165) is 25.7 Å². The van der Waals surface area contributed by atoms with Crippen LogP contribution in [0.1, 0.15) is 39.0 Å². The van der Waals surface area contributed by atoms with Gasteiger partial charge in [-0.1, -0.05) is 11.8 Å². The van der Waals surface area contributed by atoms with E-state index in [0.29, 0.717) is 6.42 Å². The van der Waals surface area contributed by atoms with Crippen LogP contribution in [0, 0.1) is 23.7 Å². The van der Waals surface area contributed by atoms with Gasteiger partial charge >= 0.3 is 0 Å². The van der Waals surface area contributed by atoms with E-state index in [1.54, 1.807) is 6.92 Å². The molecule has 76 valence electrons. The van der Waals surface area contributed by atoms with Crippen molar-refractivity contribution in [2.75, 3.05) is 0 Å². The lowest BCUT2D eigenvalue weighted by Gasteiger charge is -2.11. The molecule has 0 aromatic rings. The van der Waals surface area contributed by atoms with Crippen molar-refractivity contribution in [1.82, 2.24) is 0 Å². The van der Waals surface area contributed by atoms with Crippen LogP contribution in [0.4, 0.5) is 0 Å². The molecule has 2 heteroatoms. The Morgan fingerprint density at radius 3 is 2.50 bits per heavy atom. The van der Waals surface area contributed by atoms with E-state index in [-0.39, 0.29) is 0 Å². The van der Waals surface area contributed by atoms with Gasteiger partial charge in [0.2, 0.25) is 0 Å². The van der Waals surface area contributed by atoms with Crippen molar-refractivity contribution in [3.63, 3.8) is 0 Å². The van der Waals surface area contributed by atoms with Crippen LogP contribution >= 0.6 is 0 Å². The molecular weight excluding hydrogens is 176 g/mol. The summed E-state index contributed by atoms with van der Waals surface area (Å²) in [5.41, 5.74) is -0.792. The van der Waals surface area contributed by atoms with Crippen LogP contribution in [0.15, 0.2) is 0 Å². The number of aliphatic hydroxyl groups is 2. The molecule has 1 fully saturated rings. The Balaban J connectivity index is 2.41. The van der Waals surface area contributed by atoms with E-state index in [1.165, 1.54) is 0 Å². The molecule has 2 nitrogen and oxygen atoms in total. The highest BCUT2D eigenvalue weighted by Crippen LogP contribution is 2.28. The molecule has 0 aromatic carbocycles. The van der Waals surface area contributed by atoms with Gasteiger partial charge in [0, 0.05) is 6.42 Å². The van der Waals surface area contributed by atoms with Crippen molar-refractivity contribution in [3.05, 3.63) is 0 Å². The standard InChI is InChI=1S/C12H16O2/c1-11(13)7-3-2-4-8-12(14)9-5-6-10-12/h11,13-14H,5-7,9-10H2,1H3. The van der Waals surface area contributed by atoms with Crippen molar-refractivity contribution in [3.8, 4) is 23.7 Å². The molecule has 2 N–H and O–H groups in total. The Morgan fingerprint density at radius 1 is 1.29 bits per heavy atom. The Hall–Kier alpha value is -0.960. The zero-order valence-electron chi connectivity index (χ0n) is 8.51. The van der Waals surface area contributed by atoms with E-state index in [4.69, 9.17) is 5.11 Å². The zero-order valence-corrected chi connectivity index (χ0v) is 8.51. The van der Waals surface area contributed by atoms with Gasteiger partial charge in [0.05, 0.1) is 6.10 Å². The molecule has 1 saturated carbocycles. The predicted octanol–water partition coefficient (Wildman–Crippen LogP) is 1.07. The van der Waals surface area contributed by atoms with Gasteiger partial charge in [-0.15, -0.1) is 0 Å². The molecule has 1 unspecified atom stereocenters. The maximum atomic E-state index is 9.81. The highest BCUT2D eigenvalue weighted by atomic mass is 16.3. The summed E-state index contributed by atoms with van der Waals surface area (Å²) < 4.78 is 0. The molecule has 0 bridgehead atoms. The summed E-state index contributed by atoms with van der Waals surface area (Å²) in [6, 6.07) is 0. The molecule has 1 aliphatic rings. The van der Waals surface area contributed by atoms with Crippen molar-refractivity contribution >= 4 is 0 Å². The summed E-state index contributed by atoms with van der Waals surface area (Å²) in [7, 11) is 0. The summed E-state index contributed by atoms with van der Waals surface area (Å²) >= 11 is 0. The first-order valence-electron chi connectivity index (χ1n) is 5.03. The normalized spacial score (nSPS) is 20.2. The van der Waals surface area contributed by atoms with Crippen LogP contribution in [0.25, 0.3) is 0 Å². The van der Waals surface area contributed by atoms with Gasteiger partial charge in [-0.2, -0.15) is 0 Å². The molecular formula is C12H16O2. The van der Waals surface area contributed by atoms with Gasteiger partial charge in [-0.25, -0.2) is 0 Å². The molecule has 0 saturated heterocycles. The van der Waals surface area contributed by atoms with Crippen LogP contribution in [0.5, 0.6) is 0 Å². The molecule has 1 atom stereocenters. The fraction of sp³-hybridized carbons (Fsp3) is 0.667. The Kier molecular flexibility index (Phi) is 4.01. The monoisotopic (exact) mass is 192 g/mol. The molecule has 14 heavy (non-hydrogen) atoms. The summed E-state index contributed by atoms with van der Waals surface area (Å²) in [4.78, 5) is 0. The first kappa shape index (κ1) is 11.1. The fourth-order valence-electron chi connectivity index (χ4n) is 1.48. The zero-order chi connectivity index (χ0) is 10.4. The van der Waals surface area contributed by atoms with Crippen molar-refractivity contribution in [2.24, 2.45) is 0 Å². The lowest BCUT2D eigenvalue weighted by Crippen LogP contribution is -2.20. The summed E-state index contributed by atoms with van der Waals surface area (Å²) in [5, 5.41) is 18.7. The summed E-state index contributed by atoms with van der Waals surface area (Å²) in [6.07, 6.45) is 3.65. The second kappa shape index (κ2) is 5.05. The van der Waals surface area contributed by atoms with Crippen LogP contribution < -0.4 is 0 Å². The third-order valence-electron chi connectivity index (χ3n) is 2.27. The predicted molar refractivity (Wildman–Crippen MR) is 55.3 cm³/mol. The molecule has 0 heterocycles. The fourth-order valence-corrected chi connectivity index (χ4v) is 1.48. The third kappa shape index (κ3) is 3.83. The van der Waals surface area contributed by atoms with E-state index in [2.05, 4.69) is 23.7 Å². The van der Waals surface area contributed by atoms with Gasteiger partial charge in [0.25, 0.3) is 0 Å². The molecule has 0 aliphatic heterocycles. The van der Waals surface area contributed by atoms with Crippen LogP contribution in [0.3, 0.4) is 0 Å². The number of aliphatic hydroxyl groups excluding tert-OH is 1. The number of hydrogen-bond donors (Lipinski definition) is 2. The van der Waals surface area contributed by atoms with Gasteiger partial charge in [-0.3, -0.25) is 0 Å². The maximum Gasteiger partial charge on any atom is 0.126 e. The highest BCUT2D eigenvalue weighted by Gasteiger charge is 2.28. The number of rotatable bonds is 1. The minimum absolute atomic E-state index is 0.404. The average Bonchev–Trinajstić information content (AvgIpc) is 2.51. The second-order valence-electron chi connectivity index (χ2n) is 3.84. The van der Waals surface area contributed by atoms with Gasteiger partial charge in [0.15, 0.2) is 0 Å². The lowest BCUT2D eigenvalue weighted by molar-refractivity contribution is 0.110. The minimum Gasteiger partial charge on any atom is -0.392 e. The molecule has 0 amide bonds. The topological polar surface area (TPSA) is 40.5 Å². The maximum absolute atomic E-state index is 9.81. The Labute approximate surface area is 85.3 Å². The largest absolute Gasteiger partial charge is 0.392 e. The van der Waals surface area contributed by atoms with Crippen LogP contribution in [-0.2, 0) is 0 Å². The van der Waals surface area contributed by atoms with Crippen molar-refractivity contribution in [1.29, 1.82) is 0 Å². The first-order chi connectivity index (χ1) is 6.62. The molecule has 0 radical (unpaired) electrons. The first-order valence-corrected chi connectivity index (χ1v) is 5.03. The average molecular weight is 192 g/mol. The summed E-state index contributed by atoms with van der Waals surface area (Å²) in [6.45, 7) is 1.69. The second-order valence-corrected chi connectivity index (χ2v) is 3.84. The molecule has 1 aliphatic carbocycles. The molecule has 1 rings (SSSR count). The minimum atomic E-state index is -0.792. The van der Waals surface area contributed by atoms with Gasteiger partial charge in [-0.05, 0) is 44.4 Å². The molecule has 0 spiro atoms. The van der Waals surface area contributed by atoms with E-state index < -0.39 is 11.7 Å². The van der Waals surface area contributed by atoms with Crippen molar-refractivity contribution < 1.29 is 10.2 Å². The van der Waals surface area contributed by atoms with E-state index >= 15 is 0 Å². The van der Waals surface area contributed by atoms with Crippen LogP contribution in [0.2, 0.25) is 0 Å². The van der Waals surface area contributed by atoms with E-state index in [9.17, 15) is 5.11 Å². The van der Waals surface area contributed by atoms with Crippen LogP contribution in [-0.4, -0.2) is 21.9 Å². The lowest BCUT2D eigenvalue weighted by atomic mass is 10.0. The van der Waals surface area contributed by atoms with E-state index in [1.807, 2.05) is 0 Å². The van der Waals surface area contributed by atoms with Gasteiger partial charge in [0.1, 0.15) is 5.60 Å². The Bertz CT molecular complexity index is 290. The SMILES string of the molecule is CC(O)CC#CC#CC1(O)CCCC1. The Morgan fingerprint density at radius 2 is 1.93 bits per heavy atom. The molecule has 0 aromatic heterocycles. The number of hydrogen-bond acceptors (Lipinski definition) is 2. The summed E-state index contributed by atoms with van der Waals surface area (Å²) in [5.74, 6) is 10.8.